The van der Waals surface area contributed by atoms with E-state index in [4.69, 9.17) is 5.73 Å². The van der Waals surface area contributed by atoms with E-state index in [0.717, 1.165) is 13.0 Å². The molecule has 0 saturated heterocycles. The van der Waals surface area contributed by atoms with E-state index < -0.39 is 0 Å². The van der Waals surface area contributed by atoms with Gasteiger partial charge in [-0.2, -0.15) is 0 Å². The van der Waals surface area contributed by atoms with Crippen LogP contribution in [0.25, 0.3) is 0 Å². The van der Waals surface area contributed by atoms with Crippen LogP contribution >= 0.6 is 0 Å². The second-order valence-corrected chi connectivity index (χ2v) is 4.04. The summed E-state index contributed by atoms with van der Waals surface area (Å²) in [4.78, 5) is 0. The third-order valence-electron chi connectivity index (χ3n) is 2.88. The summed E-state index contributed by atoms with van der Waals surface area (Å²) >= 11 is 0. The average molecular weight is 191 g/mol. The van der Waals surface area contributed by atoms with Crippen LogP contribution in [0, 0.1) is 13.8 Å². The lowest BCUT2D eigenvalue weighted by Gasteiger charge is -2.17. The molecule has 1 atom stereocenters. The molecule has 0 aliphatic heterocycles. The van der Waals surface area contributed by atoms with Gasteiger partial charge in [0.15, 0.2) is 0 Å². The fourth-order valence-electron chi connectivity index (χ4n) is 1.98. The van der Waals surface area contributed by atoms with Crippen molar-refractivity contribution in [3.8, 4) is 0 Å². The molecule has 2 N–H and O–H groups in total. The van der Waals surface area contributed by atoms with Crippen molar-refractivity contribution in [1.29, 1.82) is 0 Å². The molecule has 1 rings (SSSR count). The van der Waals surface area contributed by atoms with Gasteiger partial charge in [0.05, 0.1) is 0 Å². The van der Waals surface area contributed by atoms with Gasteiger partial charge in [-0.25, -0.2) is 0 Å². The fourth-order valence-corrected chi connectivity index (χ4v) is 1.98. The Morgan fingerprint density at radius 1 is 1.29 bits per heavy atom. The standard InChI is InChI=1S/C13H21N/c1-4-12(7-8-14)13-9-10(2)5-6-11(13)3/h5-6,9,12H,4,7-8,14H2,1-3H3. The summed E-state index contributed by atoms with van der Waals surface area (Å²) in [5.41, 5.74) is 9.86. The summed E-state index contributed by atoms with van der Waals surface area (Å²) in [5.74, 6) is 0.639. The highest BCUT2D eigenvalue weighted by atomic mass is 14.5. The zero-order valence-electron chi connectivity index (χ0n) is 9.51. The Morgan fingerprint density at radius 2 is 2.00 bits per heavy atom. The third kappa shape index (κ3) is 2.58. The molecule has 0 aliphatic carbocycles. The second kappa shape index (κ2) is 5.16. The Kier molecular flexibility index (Phi) is 4.15. The average Bonchev–Trinajstić information content (AvgIpc) is 2.18. The van der Waals surface area contributed by atoms with Crippen LogP contribution in [0.15, 0.2) is 18.2 Å². The van der Waals surface area contributed by atoms with Gasteiger partial charge in [0.2, 0.25) is 0 Å². The fraction of sp³-hybridized carbons (Fsp3) is 0.538. The lowest BCUT2D eigenvalue weighted by Crippen LogP contribution is -2.08. The van der Waals surface area contributed by atoms with Crippen LogP contribution < -0.4 is 5.73 Å². The first-order valence-corrected chi connectivity index (χ1v) is 5.46. The predicted molar refractivity (Wildman–Crippen MR) is 62.6 cm³/mol. The Labute approximate surface area is 87.3 Å². The summed E-state index contributed by atoms with van der Waals surface area (Å²) in [6.07, 6.45) is 2.28. The summed E-state index contributed by atoms with van der Waals surface area (Å²) in [5, 5.41) is 0. The molecule has 1 aromatic rings. The lowest BCUT2D eigenvalue weighted by molar-refractivity contribution is 0.611. The van der Waals surface area contributed by atoms with Crippen molar-refractivity contribution in [2.24, 2.45) is 5.73 Å². The number of aryl methyl sites for hydroxylation is 2. The molecule has 0 amide bonds. The minimum atomic E-state index is 0.639. The monoisotopic (exact) mass is 191 g/mol. The summed E-state index contributed by atoms with van der Waals surface area (Å²) < 4.78 is 0. The van der Waals surface area contributed by atoms with Crippen LogP contribution in [0.4, 0.5) is 0 Å². The molecular formula is C13H21N. The first-order chi connectivity index (χ1) is 6.69. The predicted octanol–water partition coefficient (Wildman–Crippen LogP) is 3.15. The number of benzene rings is 1. The molecule has 1 unspecified atom stereocenters. The smallest absolute Gasteiger partial charge is 0.00714 e. The molecule has 0 saturated carbocycles. The Morgan fingerprint density at radius 3 is 2.57 bits per heavy atom. The van der Waals surface area contributed by atoms with Crippen LogP contribution in [-0.2, 0) is 0 Å². The highest BCUT2D eigenvalue weighted by Crippen LogP contribution is 2.26. The largest absolute Gasteiger partial charge is 0.330 e. The highest BCUT2D eigenvalue weighted by Gasteiger charge is 2.10. The van der Waals surface area contributed by atoms with Gasteiger partial charge in [-0.15, -0.1) is 0 Å². The van der Waals surface area contributed by atoms with E-state index in [-0.39, 0.29) is 0 Å². The zero-order valence-corrected chi connectivity index (χ0v) is 9.51. The molecule has 78 valence electrons. The summed E-state index contributed by atoms with van der Waals surface area (Å²) in [6, 6.07) is 6.69. The van der Waals surface area contributed by atoms with Gasteiger partial charge in [0, 0.05) is 0 Å². The SMILES string of the molecule is CCC(CCN)c1cc(C)ccc1C. The van der Waals surface area contributed by atoms with E-state index in [9.17, 15) is 0 Å². The van der Waals surface area contributed by atoms with Gasteiger partial charge in [0.25, 0.3) is 0 Å². The van der Waals surface area contributed by atoms with Crippen LogP contribution in [0.5, 0.6) is 0 Å². The topological polar surface area (TPSA) is 26.0 Å². The maximum atomic E-state index is 5.63. The van der Waals surface area contributed by atoms with E-state index in [1.54, 1.807) is 0 Å². The van der Waals surface area contributed by atoms with Crippen molar-refractivity contribution in [2.75, 3.05) is 6.54 Å². The van der Waals surface area contributed by atoms with E-state index >= 15 is 0 Å². The molecule has 1 nitrogen and oxygen atoms in total. The lowest BCUT2D eigenvalue weighted by atomic mass is 9.89. The molecule has 0 bridgehead atoms. The molecule has 0 spiro atoms. The minimum absolute atomic E-state index is 0.639. The number of nitrogens with two attached hydrogens (primary N) is 1. The number of hydrogen-bond acceptors (Lipinski definition) is 1. The number of hydrogen-bond donors (Lipinski definition) is 1. The molecule has 0 fully saturated rings. The second-order valence-electron chi connectivity index (χ2n) is 4.04. The van der Waals surface area contributed by atoms with Crippen LogP contribution in [0.1, 0.15) is 42.4 Å². The van der Waals surface area contributed by atoms with Crippen molar-refractivity contribution in [1.82, 2.24) is 0 Å². The normalized spacial score (nSPS) is 12.9. The van der Waals surface area contributed by atoms with Gasteiger partial charge >= 0.3 is 0 Å². The Hall–Kier alpha value is -0.820. The van der Waals surface area contributed by atoms with Gasteiger partial charge in [0.1, 0.15) is 0 Å². The van der Waals surface area contributed by atoms with Gasteiger partial charge in [-0.1, -0.05) is 30.7 Å². The maximum absolute atomic E-state index is 5.63. The van der Waals surface area contributed by atoms with Crippen molar-refractivity contribution in [2.45, 2.75) is 39.5 Å². The Balaban J connectivity index is 2.96. The molecule has 0 heterocycles. The number of rotatable bonds is 4. The van der Waals surface area contributed by atoms with Crippen molar-refractivity contribution in [3.63, 3.8) is 0 Å². The van der Waals surface area contributed by atoms with Gasteiger partial charge in [-0.05, 0) is 50.3 Å². The van der Waals surface area contributed by atoms with E-state index in [2.05, 4.69) is 39.0 Å². The maximum Gasteiger partial charge on any atom is -0.00714 e. The van der Waals surface area contributed by atoms with Gasteiger partial charge in [-0.3, -0.25) is 0 Å². The zero-order chi connectivity index (χ0) is 10.6. The molecule has 14 heavy (non-hydrogen) atoms. The summed E-state index contributed by atoms with van der Waals surface area (Å²) in [6.45, 7) is 7.36. The van der Waals surface area contributed by atoms with E-state index in [1.807, 2.05) is 0 Å². The van der Waals surface area contributed by atoms with Crippen LogP contribution in [0.3, 0.4) is 0 Å². The molecule has 0 radical (unpaired) electrons. The minimum Gasteiger partial charge on any atom is -0.330 e. The van der Waals surface area contributed by atoms with Crippen molar-refractivity contribution >= 4 is 0 Å². The molecular weight excluding hydrogens is 170 g/mol. The van der Waals surface area contributed by atoms with Crippen molar-refractivity contribution < 1.29 is 0 Å². The van der Waals surface area contributed by atoms with Crippen LogP contribution in [0.2, 0.25) is 0 Å². The first-order valence-electron chi connectivity index (χ1n) is 5.46. The van der Waals surface area contributed by atoms with E-state index in [1.165, 1.54) is 23.1 Å². The molecule has 0 aromatic heterocycles. The van der Waals surface area contributed by atoms with E-state index in [0.29, 0.717) is 5.92 Å². The summed E-state index contributed by atoms with van der Waals surface area (Å²) in [7, 11) is 0. The van der Waals surface area contributed by atoms with Crippen molar-refractivity contribution in [3.05, 3.63) is 34.9 Å². The Bertz CT molecular complexity index is 291. The van der Waals surface area contributed by atoms with Crippen LogP contribution in [-0.4, -0.2) is 6.54 Å². The molecule has 0 aliphatic rings. The molecule has 1 heteroatoms. The first kappa shape index (κ1) is 11.3. The van der Waals surface area contributed by atoms with Gasteiger partial charge < -0.3 is 5.73 Å². The highest BCUT2D eigenvalue weighted by molar-refractivity contribution is 5.33. The molecule has 1 aromatic carbocycles. The third-order valence-corrected chi connectivity index (χ3v) is 2.88. The quantitative estimate of drug-likeness (QED) is 0.777.